The second-order valence-corrected chi connectivity index (χ2v) is 8.40. The van der Waals surface area contributed by atoms with E-state index in [1.807, 2.05) is 42.7 Å². The van der Waals surface area contributed by atoms with Crippen molar-refractivity contribution in [3.05, 3.63) is 65.4 Å². The number of nitrogen functional groups attached to an aromatic ring is 1. The van der Waals surface area contributed by atoms with Crippen LogP contribution in [0, 0.1) is 10.8 Å². The third-order valence-corrected chi connectivity index (χ3v) is 6.20. The summed E-state index contributed by atoms with van der Waals surface area (Å²) >= 11 is 6.63. The summed E-state index contributed by atoms with van der Waals surface area (Å²) in [7, 11) is 0. The molecule has 1 fully saturated rings. The quantitative estimate of drug-likeness (QED) is 0.362. The first kappa shape index (κ1) is 25.1. The van der Waals surface area contributed by atoms with Gasteiger partial charge in [-0.1, -0.05) is 36.7 Å². The molecule has 5 nitrogen and oxygen atoms in total. The summed E-state index contributed by atoms with van der Waals surface area (Å²) in [4.78, 5) is 6.50. The van der Waals surface area contributed by atoms with Crippen LogP contribution in [-0.4, -0.2) is 30.5 Å². The average Bonchev–Trinajstić information content (AvgIpc) is 2.74. The number of anilines is 1. The molecule has 0 saturated carbocycles. The zero-order valence-corrected chi connectivity index (χ0v) is 19.7. The highest BCUT2D eigenvalue weighted by atomic mass is 35.5. The smallest absolute Gasteiger partial charge is 0.138 e. The fraction of sp³-hybridized carbons (Fsp3) is 0.304. The van der Waals surface area contributed by atoms with Gasteiger partial charge in [0.05, 0.1) is 11.6 Å². The standard InChI is InChI=1S/C23H25ClN4O.2ClH/c1-23(8-12-28(13-9-23)18-6-10-27-11-7-18)15-29-20-5-4-16-2-3-17(22(25)26)14-19(16)21(20)24;;/h2-7,10-11,14H,8-9,12-13,15H2,1H3,(H3,25,26);2*1H. The number of hydrogen-bond acceptors (Lipinski definition) is 4. The van der Waals surface area contributed by atoms with E-state index >= 15 is 0 Å². The maximum atomic E-state index is 7.65. The number of halogens is 3. The molecule has 2 heterocycles. The maximum Gasteiger partial charge on any atom is 0.138 e. The van der Waals surface area contributed by atoms with Crippen molar-refractivity contribution in [2.24, 2.45) is 11.1 Å². The summed E-state index contributed by atoms with van der Waals surface area (Å²) < 4.78 is 6.18. The molecule has 3 aromatic rings. The molecule has 0 unspecified atom stereocenters. The van der Waals surface area contributed by atoms with Crippen molar-refractivity contribution in [1.82, 2.24) is 4.98 Å². The van der Waals surface area contributed by atoms with Crippen LogP contribution in [0.2, 0.25) is 5.02 Å². The molecule has 0 radical (unpaired) electrons. The van der Waals surface area contributed by atoms with Gasteiger partial charge in [-0.15, -0.1) is 24.8 Å². The molecule has 1 aliphatic heterocycles. The Morgan fingerprint density at radius 1 is 1.13 bits per heavy atom. The SMILES string of the molecule is CC1(COc2ccc3ccc(C(=N)N)cc3c2Cl)CCN(c2ccncc2)CC1.Cl.Cl. The lowest BCUT2D eigenvalue weighted by Crippen LogP contribution is -2.41. The Labute approximate surface area is 200 Å². The predicted molar refractivity (Wildman–Crippen MR) is 134 cm³/mol. The zero-order valence-electron chi connectivity index (χ0n) is 17.3. The number of hydrogen-bond donors (Lipinski definition) is 2. The third kappa shape index (κ3) is 5.53. The molecule has 3 N–H and O–H groups in total. The van der Waals surface area contributed by atoms with Gasteiger partial charge in [0.2, 0.25) is 0 Å². The van der Waals surface area contributed by atoms with E-state index in [9.17, 15) is 0 Å². The summed E-state index contributed by atoms with van der Waals surface area (Å²) in [5, 5.41) is 10.1. The summed E-state index contributed by atoms with van der Waals surface area (Å²) in [6.45, 7) is 4.89. The Hall–Kier alpha value is -2.21. The lowest BCUT2D eigenvalue weighted by atomic mass is 9.81. The van der Waals surface area contributed by atoms with Gasteiger partial charge < -0.3 is 15.4 Å². The Bertz CT molecular complexity index is 1040. The van der Waals surface area contributed by atoms with Crippen molar-refractivity contribution >= 4 is 58.7 Å². The number of amidine groups is 1. The minimum atomic E-state index is 0. The van der Waals surface area contributed by atoms with Crippen molar-refractivity contribution in [2.45, 2.75) is 19.8 Å². The van der Waals surface area contributed by atoms with Gasteiger partial charge in [-0.25, -0.2) is 0 Å². The fourth-order valence-electron chi connectivity index (χ4n) is 3.80. The minimum Gasteiger partial charge on any atom is -0.491 e. The Morgan fingerprint density at radius 2 is 1.77 bits per heavy atom. The summed E-state index contributed by atoms with van der Waals surface area (Å²) in [5.41, 5.74) is 7.60. The molecule has 0 aliphatic carbocycles. The Morgan fingerprint density at radius 3 is 2.42 bits per heavy atom. The topological polar surface area (TPSA) is 75.2 Å². The summed E-state index contributed by atoms with van der Waals surface area (Å²) in [5.74, 6) is 0.709. The summed E-state index contributed by atoms with van der Waals surface area (Å²) in [6.07, 6.45) is 5.78. The molecule has 8 heteroatoms. The second kappa shape index (κ2) is 10.4. The van der Waals surface area contributed by atoms with Gasteiger partial charge in [-0.05, 0) is 42.5 Å². The van der Waals surface area contributed by atoms with E-state index in [2.05, 4.69) is 28.9 Å². The third-order valence-electron chi connectivity index (χ3n) is 5.81. The number of piperidine rings is 1. The van der Waals surface area contributed by atoms with Gasteiger partial charge >= 0.3 is 0 Å². The maximum absolute atomic E-state index is 7.65. The first-order valence-electron chi connectivity index (χ1n) is 9.80. The Kier molecular flexibility index (Phi) is 8.41. The monoisotopic (exact) mass is 480 g/mol. The molecule has 1 aromatic heterocycles. The van der Waals surface area contributed by atoms with Crippen LogP contribution in [0.5, 0.6) is 5.75 Å². The highest BCUT2D eigenvalue weighted by Gasteiger charge is 2.31. The molecular formula is C23H27Cl3N4O. The number of nitrogens with one attached hydrogen (secondary N) is 1. The number of pyridine rings is 1. The van der Waals surface area contributed by atoms with Crippen LogP contribution >= 0.6 is 36.4 Å². The van der Waals surface area contributed by atoms with Gasteiger partial charge in [0, 0.05) is 47.5 Å². The van der Waals surface area contributed by atoms with Crippen LogP contribution in [0.15, 0.2) is 54.9 Å². The average molecular weight is 482 g/mol. The number of aromatic nitrogens is 1. The normalized spacial score (nSPS) is 15.0. The molecule has 0 amide bonds. The lowest BCUT2D eigenvalue weighted by molar-refractivity contribution is 0.131. The molecule has 31 heavy (non-hydrogen) atoms. The van der Waals surface area contributed by atoms with E-state index in [0.717, 1.165) is 36.7 Å². The predicted octanol–water partition coefficient (Wildman–Crippen LogP) is 5.70. The van der Waals surface area contributed by atoms with Crippen LogP contribution in [0.25, 0.3) is 10.8 Å². The van der Waals surface area contributed by atoms with Crippen LogP contribution in [0.3, 0.4) is 0 Å². The number of rotatable bonds is 5. The van der Waals surface area contributed by atoms with Crippen LogP contribution in [-0.2, 0) is 0 Å². The molecule has 0 bridgehead atoms. The van der Waals surface area contributed by atoms with E-state index in [4.69, 9.17) is 27.5 Å². The van der Waals surface area contributed by atoms with E-state index in [1.54, 1.807) is 0 Å². The van der Waals surface area contributed by atoms with Gasteiger partial charge in [0.15, 0.2) is 0 Å². The first-order valence-corrected chi connectivity index (χ1v) is 10.2. The van der Waals surface area contributed by atoms with E-state index in [0.29, 0.717) is 22.9 Å². The number of nitrogens with zero attached hydrogens (tertiary/aromatic N) is 2. The van der Waals surface area contributed by atoms with E-state index < -0.39 is 0 Å². The van der Waals surface area contributed by atoms with Crippen molar-refractivity contribution in [3.8, 4) is 5.75 Å². The van der Waals surface area contributed by atoms with Crippen LogP contribution < -0.4 is 15.4 Å². The molecule has 1 saturated heterocycles. The van der Waals surface area contributed by atoms with Gasteiger partial charge in [0.25, 0.3) is 0 Å². The van der Waals surface area contributed by atoms with Gasteiger partial charge in [-0.3, -0.25) is 10.4 Å². The molecule has 0 spiro atoms. The molecule has 2 aromatic carbocycles. The number of nitrogens with two attached hydrogens (primary N) is 1. The van der Waals surface area contributed by atoms with Gasteiger partial charge in [0.1, 0.15) is 11.6 Å². The van der Waals surface area contributed by atoms with Crippen molar-refractivity contribution in [3.63, 3.8) is 0 Å². The fourth-order valence-corrected chi connectivity index (χ4v) is 4.08. The highest BCUT2D eigenvalue weighted by Crippen LogP contribution is 2.37. The van der Waals surface area contributed by atoms with E-state index in [-0.39, 0.29) is 36.1 Å². The zero-order chi connectivity index (χ0) is 20.4. The largest absolute Gasteiger partial charge is 0.491 e. The molecule has 0 atom stereocenters. The Balaban J connectivity index is 0.00000171. The van der Waals surface area contributed by atoms with Crippen molar-refractivity contribution in [2.75, 3.05) is 24.6 Å². The molecule has 4 rings (SSSR count). The van der Waals surface area contributed by atoms with Crippen molar-refractivity contribution < 1.29 is 4.74 Å². The number of fused-ring (bicyclic) bond motifs is 1. The van der Waals surface area contributed by atoms with Crippen LogP contribution in [0.1, 0.15) is 25.3 Å². The minimum absolute atomic E-state index is 0. The highest BCUT2D eigenvalue weighted by molar-refractivity contribution is 6.37. The molecule has 166 valence electrons. The summed E-state index contributed by atoms with van der Waals surface area (Å²) in [6, 6.07) is 13.6. The molecular weight excluding hydrogens is 455 g/mol. The van der Waals surface area contributed by atoms with Crippen molar-refractivity contribution in [1.29, 1.82) is 5.41 Å². The lowest BCUT2D eigenvalue weighted by Gasteiger charge is -2.40. The number of ether oxygens (including phenoxy) is 1. The van der Waals surface area contributed by atoms with E-state index in [1.165, 1.54) is 5.69 Å². The number of benzene rings is 2. The van der Waals surface area contributed by atoms with Gasteiger partial charge in [-0.2, -0.15) is 0 Å². The van der Waals surface area contributed by atoms with Crippen LogP contribution in [0.4, 0.5) is 5.69 Å². The molecule has 1 aliphatic rings. The first-order chi connectivity index (χ1) is 14.0. The second-order valence-electron chi connectivity index (χ2n) is 8.02.